The van der Waals surface area contributed by atoms with Crippen molar-refractivity contribution in [2.24, 2.45) is 5.92 Å². The van der Waals surface area contributed by atoms with E-state index in [4.69, 9.17) is 9.47 Å². The Morgan fingerprint density at radius 1 is 1.20 bits per heavy atom. The van der Waals surface area contributed by atoms with Crippen LogP contribution >= 0.6 is 0 Å². The lowest BCUT2D eigenvalue weighted by molar-refractivity contribution is 0.0987. The average Bonchev–Trinajstić information content (AvgIpc) is 2.40. The topological polar surface area (TPSA) is 30.5 Å². The van der Waals surface area contributed by atoms with Crippen LogP contribution in [0.5, 0.6) is 5.75 Å². The van der Waals surface area contributed by atoms with Crippen molar-refractivity contribution in [1.29, 1.82) is 0 Å². The van der Waals surface area contributed by atoms with Crippen LogP contribution in [0.3, 0.4) is 0 Å². The van der Waals surface area contributed by atoms with Crippen LogP contribution in [-0.2, 0) is 11.3 Å². The molecule has 0 atom stereocenters. The van der Waals surface area contributed by atoms with Gasteiger partial charge in [0, 0.05) is 18.7 Å². The molecule has 0 aliphatic carbocycles. The molecular formula is C16H26FNO2. The van der Waals surface area contributed by atoms with Gasteiger partial charge in [0.1, 0.15) is 6.61 Å². The van der Waals surface area contributed by atoms with E-state index < -0.39 is 0 Å². The summed E-state index contributed by atoms with van der Waals surface area (Å²) in [4.78, 5) is 0. The van der Waals surface area contributed by atoms with Crippen LogP contribution in [0, 0.1) is 11.7 Å². The maximum Gasteiger partial charge on any atom is 0.165 e. The van der Waals surface area contributed by atoms with Gasteiger partial charge in [-0.3, -0.25) is 0 Å². The van der Waals surface area contributed by atoms with Crippen LogP contribution in [0.2, 0.25) is 0 Å². The quantitative estimate of drug-likeness (QED) is 0.668. The zero-order valence-corrected chi connectivity index (χ0v) is 12.7. The molecule has 0 aliphatic rings. The minimum Gasteiger partial charge on any atom is -0.488 e. The summed E-state index contributed by atoms with van der Waals surface area (Å²) in [6.45, 7) is 9.41. The summed E-state index contributed by atoms with van der Waals surface area (Å²) in [5.41, 5.74) is 0.848. The molecule has 1 aromatic carbocycles. The molecule has 20 heavy (non-hydrogen) atoms. The van der Waals surface area contributed by atoms with Gasteiger partial charge in [-0.25, -0.2) is 4.39 Å². The molecule has 3 nitrogen and oxygen atoms in total. The molecule has 0 radical (unpaired) electrons. The predicted molar refractivity (Wildman–Crippen MR) is 79.5 cm³/mol. The first-order valence-electron chi connectivity index (χ1n) is 7.33. The Balaban J connectivity index is 2.49. The molecule has 0 saturated heterocycles. The molecule has 0 amide bonds. The third-order valence-corrected chi connectivity index (χ3v) is 2.74. The molecule has 0 bridgehead atoms. The fourth-order valence-electron chi connectivity index (χ4n) is 1.80. The van der Waals surface area contributed by atoms with Gasteiger partial charge in [0.15, 0.2) is 11.6 Å². The molecule has 0 unspecified atom stereocenters. The van der Waals surface area contributed by atoms with Crippen LogP contribution in [0.1, 0.15) is 32.8 Å². The fraction of sp³-hybridized carbons (Fsp3) is 0.625. The van der Waals surface area contributed by atoms with Crippen molar-refractivity contribution in [1.82, 2.24) is 5.32 Å². The molecule has 1 N–H and O–H groups in total. The molecule has 4 heteroatoms. The highest BCUT2D eigenvalue weighted by molar-refractivity contribution is 5.34. The SMILES string of the molecule is CCCOCCOc1c(F)cccc1CNCC(C)C. The Bertz CT molecular complexity index is 383. The number of halogens is 1. The number of hydrogen-bond acceptors (Lipinski definition) is 3. The second-order valence-corrected chi connectivity index (χ2v) is 5.21. The lowest BCUT2D eigenvalue weighted by atomic mass is 10.1. The summed E-state index contributed by atoms with van der Waals surface area (Å²) in [5.74, 6) is 0.587. The smallest absolute Gasteiger partial charge is 0.165 e. The Labute approximate surface area is 121 Å². The minimum absolute atomic E-state index is 0.315. The third-order valence-electron chi connectivity index (χ3n) is 2.74. The van der Waals surface area contributed by atoms with E-state index in [0.717, 1.165) is 18.5 Å². The molecule has 0 aliphatic heterocycles. The van der Waals surface area contributed by atoms with Gasteiger partial charge < -0.3 is 14.8 Å². The van der Waals surface area contributed by atoms with E-state index in [1.54, 1.807) is 6.07 Å². The maximum atomic E-state index is 13.8. The summed E-state index contributed by atoms with van der Waals surface area (Å²) in [6, 6.07) is 5.02. The van der Waals surface area contributed by atoms with Gasteiger partial charge >= 0.3 is 0 Å². The number of para-hydroxylation sites is 1. The van der Waals surface area contributed by atoms with E-state index in [1.807, 2.05) is 6.07 Å². The number of ether oxygens (including phenoxy) is 2. The van der Waals surface area contributed by atoms with Crippen LogP contribution < -0.4 is 10.1 Å². The van der Waals surface area contributed by atoms with E-state index in [1.165, 1.54) is 6.07 Å². The number of hydrogen-bond donors (Lipinski definition) is 1. The summed E-state index contributed by atoms with van der Waals surface area (Å²) < 4.78 is 24.7. The monoisotopic (exact) mass is 283 g/mol. The highest BCUT2D eigenvalue weighted by atomic mass is 19.1. The number of nitrogens with one attached hydrogen (secondary N) is 1. The lowest BCUT2D eigenvalue weighted by Gasteiger charge is -2.14. The molecule has 114 valence electrons. The molecule has 0 saturated carbocycles. The largest absolute Gasteiger partial charge is 0.488 e. The summed E-state index contributed by atoms with van der Waals surface area (Å²) >= 11 is 0. The summed E-state index contributed by atoms with van der Waals surface area (Å²) in [5, 5.41) is 3.30. The lowest BCUT2D eigenvalue weighted by Crippen LogP contribution is -2.20. The first-order valence-corrected chi connectivity index (χ1v) is 7.33. The highest BCUT2D eigenvalue weighted by Crippen LogP contribution is 2.22. The van der Waals surface area contributed by atoms with Gasteiger partial charge in [-0.05, 0) is 24.9 Å². The van der Waals surface area contributed by atoms with Gasteiger partial charge in [-0.1, -0.05) is 32.9 Å². The molecule has 0 fully saturated rings. The molecule has 0 heterocycles. The average molecular weight is 283 g/mol. The van der Waals surface area contributed by atoms with Gasteiger partial charge in [0.25, 0.3) is 0 Å². The zero-order chi connectivity index (χ0) is 14.8. The third kappa shape index (κ3) is 6.35. The Hall–Kier alpha value is -1.13. The van der Waals surface area contributed by atoms with Crippen LogP contribution in [-0.4, -0.2) is 26.4 Å². The number of benzene rings is 1. The molecule has 0 spiro atoms. The molecular weight excluding hydrogens is 257 g/mol. The maximum absolute atomic E-state index is 13.8. The van der Waals surface area contributed by atoms with Crippen molar-refractivity contribution in [3.63, 3.8) is 0 Å². The minimum atomic E-state index is -0.315. The van der Waals surface area contributed by atoms with Gasteiger partial charge in [0.2, 0.25) is 0 Å². The Morgan fingerprint density at radius 2 is 2.00 bits per heavy atom. The fourth-order valence-corrected chi connectivity index (χ4v) is 1.80. The molecule has 1 rings (SSSR count). The van der Waals surface area contributed by atoms with Crippen molar-refractivity contribution < 1.29 is 13.9 Å². The van der Waals surface area contributed by atoms with Crippen LogP contribution in [0.25, 0.3) is 0 Å². The molecule has 0 aromatic heterocycles. The normalized spacial score (nSPS) is 11.1. The van der Waals surface area contributed by atoms with Crippen LogP contribution in [0.15, 0.2) is 18.2 Å². The second kappa shape index (κ2) is 9.72. The van der Waals surface area contributed by atoms with Crippen molar-refractivity contribution in [2.75, 3.05) is 26.4 Å². The first-order chi connectivity index (χ1) is 9.65. The van der Waals surface area contributed by atoms with E-state index in [9.17, 15) is 4.39 Å². The molecule has 1 aromatic rings. The van der Waals surface area contributed by atoms with Gasteiger partial charge in [-0.15, -0.1) is 0 Å². The van der Waals surface area contributed by atoms with Crippen LogP contribution in [0.4, 0.5) is 4.39 Å². The van der Waals surface area contributed by atoms with Gasteiger partial charge in [0.05, 0.1) is 6.61 Å². The Morgan fingerprint density at radius 3 is 2.70 bits per heavy atom. The highest BCUT2D eigenvalue weighted by Gasteiger charge is 2.09. The first kappa shape index (κ1) is 16.9. The summed E-state index contributed by atoms with van der Waals surface area (Å²) in [7, 11) is 0. The van der Waals surface area contributed by atoms with E-state index >= 15 is 0 Å². The zero-order valence-electron chi connectivity index (χ0n) is 12.7. The van der Waals surface area contributed by atoms with E-state index in [2.05, 4.69) is 26.1 Å². The van der Waals surface area contributed by atoms with E-state index in [0.29, 0.717) is 38.0 Å². The van der Waals surface area contributed by atoms with Crippen molar-refractivity contribution in [2.45, 2.75) is 33.7 Å². The summed E-state index contributed by atoms with van der Waals surface area (Å²) in [6.07, 6.45) is 0.976. The predicted octanol–water partition coefficient (Wildman–Crippen LogP) is 3.38. The second-order valence-electron chi connectivity index (χ2n) is 5.21. The van der Waals surface area contributed by atoms with Crippen molar-refractivity contribution in [3.05, 3.63) is 29.6 Å². The van der Waals surface area contributed by atoms with Crippen molar-refractivity contribution in [3.8, 4) is 5.75 Å². The Kier molecular flexibility index (Phi) is 8.23. The number of rotatable bonds is 10. The standard InChI is InChI=1S/C16H26FNO2/c1-4-8-19-9-10-20-16-14(6-5-7-15(16)17)12-18-11-13(2)3/h5-7,13,18H,4,8-12H2,1-3H3. The van der Waals surface area contributed by atoms with E-state index in [-0.39, 0.29) is 5.82 Å². The van der Waals surface area contributed by atoms with Gasteiger partial charge in [-0.2, -0.15) is 0 Å². The van der Waals surface area contributed by atoms with Crippen molar-refractivity contribution >= 4 is 0 Å².